The SMILES string of the molecule is CC1=C(C(=O)N(C)C)C(c2ccc(C(F)(F)F)cc2)N2C(CC(=O)O)=CSC2=N1. The third-order valence-corrected chi connectivity index (χ3v) is 5.41. The number of hydrogen-bond acceptors (Lipinski definition) is 5. The smallest absolute Gasteiger partial charge is 0.416 e. The molecule has 0 fully saturated rings. The van der Waals surface area contributed by atoms with E-state index in [0.717, 1.165) is 12.1 Å². The monoisotopic (exact) mass is 425 g/mol. The van der Waals surface area contributed by atoms with Crippen LogP contribution in [0.3, 0.4) is 0 Å². The highest BCUT2D eigenvalue weighted by Crippen LogP contribution is 2.45. The van der Waals surface area contributed by atoms with E-state index in [0.29, 0.717) is 22.1 Å². The maximum atomic E-state index is 13.0. The molecule has 0 spiro atoms. The number of likely N-dealkylation sites (N-methyl/N-ethyl adjacent to an activating group) is 1. The topological polar surface area (TPSA) is 73.2 Å². The fourth-order valence-corrected chi connectivity index (χ4v) is 4.17. The van der Waals surface area contributed by atoms with Gasteiger partial charge < -0.3 is 14.9 Å². The molecule has 29 heavy (non-hydrogen) atoms. The summed E-state index contributed by atoms with van der Waals surface area (Å²) in [7, 11) is 3.14. The summed E-state index contributed by atoms with van der Waals surface area (Å²) in [5.74, 6) is -1.40. The van der Waals surface area contributed by atoms with Gasteiger partial charge >= 0.3 is 12.1 Å². The maximum Gasteiger partial charge on any atom is 0.416 e. The van der Waals surface area contributed by atoms with Gasteiger partial charge in [-0.1, -0.05) is 23.9 Å². The number of alkyl halides is 3. The number of carboxylic acid groups (broad SMARTS) is 1. The molecule has 0 aliphatic carbocycles. The minimum atomic E-state index is -4.48. The normalized spacial score (nSPS) is 19.0. The third-order valence-electron chi connectivity index (χ3n) is 4.52. The van der Waals surface area contributed by atoms with E-state index in [-0.39, 0.29) is 17.9 Å². The number of allylic oxidation sites excluding steroid dienone is 1. The number of aliphatic carboxylic acids is 1. The summed E-state index contributed by atoms with van der Waals surface area (Å²) in [6.45, 7) is 1.66. The average Bonchev–Trinajstić information content (AvgIpc) is 3.00. The molecule has 1 aromatic rings. The molecule has 1 N–H and O–H groups in total. The van der Waals surface area contributed by atoms with E-state index in [1.54, 1.807) is 31.3 Å². The van der Waals surface area contributed by atoms with E-state index in [2.05, 4.69) is 4.99 Å². The second kappa shape index (κ2) is 7.58. The Kier molecular flexibility index (Phi) is 5.48. The summed E-state index contributed by atoms with van der Waals surface area (Å²) >= 11 is 1.22. The summed E-state index contributed by atoms with van der Waals surface area (Å²) in [5.41, 5.74) is 0.787. The van der Waals surface area contributed by atoms with Gasteiger partial charge in [-0.2, -0.15) is 13.2 Å². The molecule has 0 aromatic heterocycles. The number of carbonyl (C=O) groups excluding carboxylic acids is 1. The van der Waals surface area contributed by atoms with Crippen LogP contribution in [0.1, 0.15) is 30.5 Å². The van der Waals surface area contributed by atoms with Gasteiger partial charge in [-0.05, 0) is 30.0 Å². The Morgan fingerprint density at radius 1 is 1.24 bits per heavy atom. The predicted molar refractivity (Wildman–Crippen MR) is 103 cm³/mol. The van der Waals surface area contributed by atoms with Crippen LogP contribution >= 0.6 is 11.8 Å². The van der Waals surface area contributed by atoms with Gasteiger partial charge in [0.1, 0.15) is 0 Å². The van der Waals surface area contributed by atoms with Gasteiger partial charge in [-0.3, -0.25) is 9.59 Å². The van der Waals surface area contributed by atoms with E-state index < -0.39 is 23.8 Å². The van der Waals surface area contributed by atoms with Crippen molar-refractivity contribution in [2.45, 2.75) is 25.6 Å². The predicted octanol–water partition coefficient (Wildman–Crippen LogP) is 3.84. The number of thioether (sulfide) groups is 1. The molecule has 1 unspecified atom stereocenters. The van der Waals surface area contributed by atoms with Crippen LogP contribution in [0, 0.1) is 0 Å². The first-order valence-corrected chi connectivity index (χ1v) is 9.43. The largest absolute Gasteiger partial charge is 0.481 e. The number of nitrogens with zero attached hydrogens (tertiary/aromatic N) is 3. The Bertz CT molecular complexity index is 950. The minimum absolute atomic E-state index is 0.289. The molecule has 0 saturated heterocycles. The summed E-state index contributed by atoms with van der Waals surface area (Å²) in [6.07, 6.45) is -4.78. The van der Waals surface area contributed by atoms with E-state index in [1.165, 1.54) is 28.8 Å². The second-order valence-electron chi connectivity index (χ2n) is 6.78. The van der Waals surface area contributed by atoms with Crippen LogP contribution < -0.4 is 0 Å². The van der Waals surface area contributed by atoms with Crippen molar-refractivity contribution in [2.75, 3.05) is 14.1 Å². The summed E-state index contributed by atoms with van der Waals surface area (Å²) < 4.78 is 38.9. The lowest BCUT2D eigenvalue weighted by molar-refractivity contribution is -0.138. The number of halogens is 3. The first-order chi connectivity index (χ1) is 13.5. The maximum absolute atomic E-state index is 13.0. The molecule has 3 rings (SSSR count). The van der Waals surface area contributed by atoms with Crippen LogP contribution in [0.5, 0.6) is 0 Å². The second-order valence-corrected chi connectivity index (χ2v) is 7.62. The Morgan fingerprint density at radius 2 is 1.86 bits per heavy atom. The number of carboxylic acids is 1. The summed E-state index contributed by atoms with van der Waals surface area (Å²) in [4.78, 5) is 31.6. The zero-order valence-electron chi connectivity index (χ0n) is 15.8. The number of fused-ring (bicyclic) bond motifs is 1. The highest BCUT2D eigenvalue weighted by atomic mass is 32.2. The van der Waals surface area contributed by atoms with Gasteiger partial charge in [0.15, 0.2) is 5.17 Å². The number of amidine groups is 1. The first-order valence-electron chi connectivity index (χ1n) is 8.55. The lowest BCUT2D eigenvalue weighted by Gasteiger charge is -2.37. The van der Waals surface area contributed by atoms with E-state index in [9.17, 15) is 27.9 Å². The fourth-order valence-electron chi connectivity index (χ4n) is 3.21. The van der Waals surface area contributed by atoms with E-state index in [1.807, 2.05) is 0 Å². The van der Waals surface area contributed by atoms with Crippen molar-refractivity contribution in [2.24, 2.45) is 4.99 Å². The fraction of sp³-hybridized carbons (Fsp3) is 0.316. The highest BCUT2D eigenvalue weighted by molar-refractivity contribution is 8.16. The molecule has 0 bridgehead atoms. The molecule has 2 heterocycles. The summed E-state index contributed by atoms with van der Waals surface area (Å²) in [5, 5.41) is 11.4. The van der Waals surface area contributed by atoms with Crippen molar-refractivity contribution in [1.29, 1.82) is 0 Å². The molecule has 2 aliphatic rings. The van der Waals surface area contributed by atoms with E-state index >= 15 is 0 Å². The molecule has 154 valence electrons. The quantitative estimate of drug-likeness (QED) is 0.794. The first kappa shape index (κ1) is 21.0. The van der Waals surface area contributed by atoms with Gasteiger partial charge in [-0.25, -0.2) is 4.99 Å². The van der Waals surface area contributed by atoms with Crippen LogP contribution in [0.15, 0.2) is 51.6 Å². The molecule has 0 saturated carbocycles. The zero-order chi connectivity index (χ0) is 21.5. The van der Waals surface area contributed by atoms with Gasteiger partial charge in [0.25, 0.3) is 5.91 Å². The standard InChI is InChI=1S/C19H18F3N3O3S/c1-10-15(17(28)24(2)3)16(11-4-6-12(7-5-11)19(20,21)22)25-13(8-14(26)27)9-29-18(25)23-10/h4-7,9,16H,8H2,1-3H3,(H,26,27). The highest BCUT2D eigenvalue weighted by Gasteiger charge is 2.41. The van der Waals surface area contributed by atoms with Crippen molar-refractivity contribution in [3.8, 4) is 0 Å². The molecule has 2 aliphatic heterocycles. The van der Waals surface area contributed by atoms with Crippen LogP contribution in [0.25, 0.3) is 0 Å². The van der Waals surface area contributed by atoms with Crippen LogP contribution in [0.2, 0.25) is 0 Å². The number of carbonyl (C=O) groups is 2. The number of hydrogen-bond donors (Lipinski definition) is 1. The van der Waals surface area contributed by atoms with Gasteiger partial charge in [0.2, 0.25) is 0 Å². The number of rotatable bonds is 4. The molecule has 1 amide bonds. The molecular formula is C19H18F3N3O3S. The minimum Gasteiger partial charge on any atom is -0.481 e. The lowest BCUT2D eigenvalue weighted by Crippen LogP contribution is -2.39. The lowest BCUT2D eigenvalue weighted by atomic mass is 9.92. The molecule has 1 atom stereocenters. The third kappa shape index (κ3) is 4.02. The van der Waals surface area contributed by atoms with Crippen molar-refractivity contribution >= 4 is 28.8 Å². The van der Waals surface area contributed by atoms with Crippen LogP contribution in [-0.4, -0.2) is 46.0 Å². The Hall–Kier alpha value is -2.75. The Labute approximate surface area is 169 Å². The molecule has 10 heteroatoms. The zero-order valence-corrected chi connectivity index (χ0v) is 16.6. The van der Waals surface area contributed by atoms with Crippen LogP contribution in [-0.2, 0) is 15.8 Å². The van der Waals surface area contributed by atoms with Crippen molar-refractivity contribution in [3.63, 3.8) is 0 Å². The van der Waals surface area contributed by atoms with Gasteiger partial charge in [-0.15, -0.1) is 0 Å². The van der Waals surface area contributed by atoms with E-state index in [4.69, 9.17) is 0 Å². The van der Waals surface area contributed by atoms with Gasteiger partial charge in [0, 0.05) is 19.8 Å². The van der Waals surface area contributed by atoms with Crippen LogP contribution in [0.4, 0.5) is 13.2 Å². The summed E-state index contributed by atoms with van der Waals surface area (Å²) in [6, 6.07) is 3.76. The number of aliphatic imine (C=N–C) groups is 1. The van der Waals surface area contributed by atoms with Crippen molar-refractivity contribution in [3.05, 3.63) is 57.8 Å². The molecule has 1 aromatic carbocycles. The van der Waals surface area contributed by atoms with Gasteiger partial charge in [0.05, 0.1) is 29.3 Å². The number of amides is 1. The Morgan fingerprint density at radius 3 is 2.38 bits per heavy atom. The molecular weight excluding hydrogens is 407 g/mol. The van der Waals surface area contributed by atoms with Crippen molar-refractivity contribution in [1.82, 2.24) is 9.80 Å². The average molecular weight is 425 g/mol. The van der Waals surface area contributed by atoms with Crippen molar-refractivity contribution < 1.29 is 27.9 Å². The molecule has 6 nitrogen and oxygen atoms in total. The number of benzene rings is 1. The molecule has 0 radical (unpaired) electrons. The Balaban J connectivity index is 2.13.